The van der Waals surface area contributed by atoms with Gasteiger partial charge in [0.05, 0.1) is 7.11 Å². The molecule has 0 aliphatic carbocycles. The summed E-state index contributed by atoms with van der Waals surface area (Å²) in [6.45, 7) is 3.27. The minimum atomic E-state index is 0.911. The minimum Gasteiger partial charge on any atom is -0.496 e. The molecule has 1 heterocycles. The van der Waals surface area contributed by atoms with Gasteiger partial charge >= 0.3 is 0 Å². The number of benzene rings is 3. The van der Waals surface area contributed by atoms with Crippen LogP contribution in [0.3, 0.4) is 0 Å². The first kappa shape index (κ1) is 14.8. The Morgan fingerprint density at radius 1 is 0.833 bits per heavy atom. The highest BCUT2D eigenvalue weighted by Gasteiger charge is 2.12. The van der Waals surface area contributed by atoms with Gasteiger partial charge in [0.2, 0.25) is 0 Å². The quantitative estimate of drug-likeness (QED) is 0.458. The Labute approximate surface area is 142 Å². The van der Waals surface area contributed by atoms with Crippen LogP contribution in [-0.2, 0) is 6.54 Å². The van der Waals surface area contributed by atoms with Gasteiger partial charge < -0.3 is 9.30 Å². The number of aromatic nitrogens is 1. The van der Waals surface area contributed by atoms with Gasteiger partial charge in [-0.25, -0.2) is 0 Å². The molecule has 0 radical (unpaired) electrons. The van der Waals surface area contributed by atoms with Crippen molar-refractivity contribution in [3.63, 3.8) is 0 Å². The zero-order valence-corrected chi connectivity index (χ0v) is 14.1. The molecule has 0 saturated carbocycles. The lowest BCUT2D eigenvalue weighted by Crippen LogP contribution is -1.95. The highest BCUT2D eigenvalue weighted by atomic mass is 16.5. The second-order valence-corrected chi connectivity index (χ2v) is 6.10. The molecular weight excluding hydrogens is 294 g/mol. The number of para-hydroxylation sites is 2. The van der Waals surface area contributed by atoms with E-state index in [0.717, 1.165) is 24.3 Å². The van der Waals surface area contributed by atoms with Crippen molar-refractivity contribution in [2.75, 3.05) is 7.11 Å². The fourth-order valence-electron chi connectivity index (χ4n) is 3.57. The molecule has 0 spiro atoms. The largest absolute Gasteiger partial charge is 0.496 e. The molecule has 0 unspecified atom stereocenters. The number of hydrogen-bond donors (Lipinski definition) is 0. The standard InChI is InChI=1S/C22H21NO/c1-3-14-23-20-10-6-4-9-18(20)19-15-16(12-13-21(19)23)17-8-5-7-11-22(17)24-2/h4-13,15H,3,14H2,1-2H3. The summed E-state index contributed by atoms with van der Waals surface area (Å²) in [6.07, 6.45) is 1.13. The summed E-state index contributed by atoms with van der Waals surface area (Å²) in [5, 5.41) is 2.63. The van der Waals surface area contributed by atoms with Crippen LogP contribution in [0.1, 0.15) is 13.3 Å². The molecule has 4 rings (SSSR count). The van der Waals surface area contributed by atoms with Crippen LogP contribution < -0.4 is 4.74 Å². The van der Waals surface area contributed by atoms with Crippen molar-refractivity contribution in [1.82, 2.24) is 4.57 Å². The molecule has 0 atom stereocenters. The number of rotatable bonds is 4. The number of aryl methyl sites for hydroxylation is 1. The summed E-state index contributed by atoms with van der Waals surface area (Å²) in [5.41, 5.74) is 4.94. The Morgan fingerprint density at radius 2 is 1.58 bits per heavy atom. The predicted octanol–water partition coefficient (Wildman–Crippen LogP) is 5.88. The Hall–Kier alpha value is -2.74. The second-order valence-electron chi connectivity index (χ2n) is 6.10. The number of fused-ring (bicyclic) bond motifs is 3. The van der Waals surface area contributed by atoms with Crippen molar-refractivity contribution < 1.29 is 4.74 Å². The number of ether oxygens (including phenoxy) is 1. The Balaban J connectivity index is 2.00. The molecule has 2 heteroatoms. The smallest absolute Gasteiger partial charge is 0.126 e. The maximum Gasteiger partial charge on any atom is 0.126 e. The predicted molar refractivity (Wildman–Crippen MR) is 102 cm³/mol. The van der Waals surface area contributed by atoms with Crippen LogP contribution >= 0.6 is 0 Å². The van der Waals surface area contributed by atoms with Gasteiger partial charge in [-0.3, -0.25) is 0 Å². The van der Waals surface area contributed by atoms with E-state index in [9.17, 15) is 0 Å². The Kier molecular flexibility index (Phi) is 3.73. The van der Waals surface area contributed by atoms with Crippen molar-refractivity contribution >= 4 is 21.8 Å². The third-order valence-corrected chi connectivity index (χ3v) is 4.64. The van der Waals surface area contributed by atoms with Gasteiger partial charge in [0.15, 0.2) is 0 Å². The van der Waals surface area contributed by atoms with Crippen LogP contribution in [0.5, 0.6) is 5.75 Å². The van der Waals surface area contributed by atoms with E-state index < -0.39 is 0 Å². The van der Waals surface area contributed by atoms with E-state index in [1.54, 1.807) is 7.11 Å². The molecule has 0 aliphatic heterocycles. The van der Waals surface area contributed by atoms with Gasteiger partial charge in [-0.15, -0.1) is 0 Å². The molecule has 3 aromatic carbocycles. The molecule has 120 valence electrons. The van der Waals surface area contributed by atoms with Crippen molar-refractivity contribution in [1.29, 1.82) is 0 Å². The second kappa shape index (κ2) is 6.04. The van der Waals surface area contributed by atoms with Crippen LogP contribution in [0.2, 0.25) is 0 Å². The van der Waals surface area contributed by atoms with Crippen LogP contribution in [0.15, 0.2) is 66.7 Å². The van der Waals surface area contributed by atoms with Crippen molar-refractivity contribution in [3.05, 3.63) is 66.7 Å². The van der Waals surface area contributed by atoms with E-state index in [1.165, 1.54) is 27.4 Å². The Morgan fingerprint density at radius 3 is 2.42 bits per heavy atom. The molecule has 1 aromatic heterocycles. The van der Waals surface area contributed by atoms with E-state index >= 15 is 0 Å². The van der Waals surface area contributed by atoms with E-state index in [2.05, 4.69) is 66.1 Å². The lowest BCUT2D eigenvalue weighted by molar-refractivity contribution is 0.416. The van der Waals surface area contributed by atoms with Crippen LogP contribution in [0.25, 0.3) is 32.9 Å². The fourth-order valence-corrected chi connectivity index (χ4v) is 3.57. The number of nitrogens with zero attached hydrogens (tertiary/aromatic N) is 1. The van der Waals surface area contributed by atoms with Gasteiger partial charge in [0, 0.05) is 33.9 Å². The SMILES string of the molecule is CCCn1c2ccccc2c2cc(-c3ccccc3OC)ccc21. The molecule has 0 fully saturated rings. The average Bonchev–Trinajstić information content (AvgIpc) is 2.96. The average molecular weight is 315 g/mol. The normalized spacial score (nSPS) is 11.2. The van der Waals surface area contributed by atoms with E-state index in [4.69, 9.17) is 4.74 Å². The molecule has 0 saturated heterocycles. The third kappa shape index (κ3) is 2.26. The third-order valence-electron chi connectivity index (χ3n) is 4.64. The molecule has 2 nitrogen and oxygen atoms in total. The topological polar surface area (TPSA) is 14.2 Å². The highest BCUT2D eigenvalue weighted by Crippen LogP contribution is 2.35. The summed E-state index contributed by atoms with van der Waals surface area (Å²) in [7, 11) is 1.73. The summed E-state index contributed by atoms with van der Waals surface area (Å²) in [5.74, 6) is 0.911. The summed E-state index contributed by atoms with van der Waals surface area (Å²) in [6, 6.07) is 23.6. The Bertz CT molecular complexity index is 1010. The van der Waals surface area contributed by atoms with Crippen LogP contribution in [-0.4, -0.2) is 11.7 Å². The van der Waals surface area contributed by atoms with Gasteiger partial charge in [-0.2, -0.15) is 0 Å². The molecule has 0 aliphatic rings. The number of hydrogen-bond acceptors (Lipinski definition) is 1. The molecule has 0 bridgehead atoms. The van der Waals surface area contributed by atoms with Crippen LogP contribution in [0, 0.1) is 0 Å². The minimum absolute atomic E-state index is 0.911. The van der Waals surface area contributed by atoms with E-state index in [0.29, 0.717) is 0 Å². The van der Waals surface area contributed by atoms with Gasteiger partial charge in [0.1, 0.15) is 5.75 Å². The first-order valence-corrected chi connectivity index (χ1v) is 8.48. The zero-order chi connectivity index (χ0) is 16.5. The van der Waals surface area contributed by atoms with Crippen LogP contribution in [0.4, 0.5) is 0 Å². The lowest BCUT2D eigenvalue weighted by atomic mass is 10.0. The summed E-state index contributed by atoms with van der Waals surface area (Å²) < 4.78 is 7.97. The first-order chi connectivity index (χ1) is 11.8. The maximum atomic E-state index is 5.54. The fraction of sp³-hybridized carbons (Fsp3) is 0.182. The van der Waals surface area contributed by atoms with Gasteiger partial charge in [0.25, 0.3) is 0 Å². The molecular formula is C22H21NO. The lowest BCUT2D eigenvalue weighted by Gasteiger charge is -2.09. The molecule has 0 N–H and O–H groups in total. The summed E-state index contributed by atoms with van der Waals surface area (Å²) in [4.78, 5) is 0. The molecule has 4 aromatic rings. The van der Waals surface area contributed by atoms with Crippen molar-refractivity contribution in [2.24, 2.45) is 0 Å². The molecule has 0 amide bonds. The first-order valence-electron chi connectivity index (χ1n) is 8.48. The number of methoxy groups -OCH3 is 1. The van der Waals surface area contributed by atoms with Gasteiger partial charge in [-0.1, -0.05) is 49.4 Å². The molecule has 24 heavy (non-hydrogen) atoms. The highest BCUT2D eigenvalue weighted by molar-refractivity contribution is 6.09. The van der Waals surface area contributed by atoms with Gasteiger partial charge in [-0.05, 0) is 36.2 Å². The monoisotopic (exact) mass is 315 g/mol. The maximum absolute atomic E-state index is 5.54. The van der Waals surface area contributed by atoms with Crippen molar-refractivity contribution in [3.8, 4) is 16.9 Å². The van der Waals surface area contributed by atoms with Crippen molar-refractivity contribution in [2.45, 2.75) is 19.9 Å². The van der Waals surface area contributed by atoms with E-state index in [-0.39, 0.29) is 0 Å². The summed E-state index contributed by atoms with van der Waals surface area (Å²) >= 11 is 0. The van der Waals surface area contributed by atoms with E-state index in [1.807, 2.05) is 12.1 Å². The zero-order valence-electron chi connectivity index (χ0n) is 14.1.